The average molecular weight is 627 g/mol. The van der Waals surface area contributed by atoms with Gasteiger partial charge in [-0.1, -0.05) is 127 Å². The van der Waals surface area contributed by atoms with E-state index in [1.165, 1.54) is 49.3 Å². The summed E-state index contributed by atoms with van der Waals surface area (Å²) in [6, 6.07) is 62.6. The van der Waals surface area contributed by atoms with Crippen LogP contribution in [-0.4, -0.2) is 4.57 Å². The summed E-state index contributed by atoms with van der Waals surface area (Å²) in [7, 11) is 0. The van der Waals surface area contributed by atoms with E-state index in [0.29, 0.717) is 0 Å². The molecule has 0 aliphatic rings. The highest BCUT2D eigenvalue weighted by atomic mass is 16.3. The van der Waals surface area contributed by atoms with Crippen LogP contribution in [0.1, 0.15) is 0 Å². The Kier molecular flexibility index (Phi) is 6.18. The molecule has 0 aliphatic heterocycles. The average Bonchev–Trinajstić information content (AvgIpc) is 3.72. The molecule has 0 unspecified atom stereocenters. The van der Waals surface area contributed by atoms with Crippen molar-refractivity contribution in [3.8, 4) is 27.9 Å². The lowest BCUT2D eigenvalue weighted by molar-refractivity contribution is 0.670. The third-order valence-corrected chi connectivity index (χ3v) is 9.79. The van der Waals surface area contributed by atoms with Crippen LogP contribution in [0.5, 0.6) is 0 Å². The minimum Gasteiger partial charge on any atom is -0.454 e. The van der Waals surface area contributed by atoms with E-state index in [9.17, 15) is 0 Å². The molecule has 230 valence electrons. The number of nitrogens with one attached hydrogen (secondary N) is 1. The Balaban J connectivity index is 1.01. The lowest BCUT2D eigenvalue weighted by Gasteiger charge is -2.11. The van der Waals surface area contributed by atoms with E-state index < -0.39 is 0 Å². The first-order chi connectivity index (χ1) is 24.3. The molecule has 0 spiro atoms. The number of nitrogens with zero attached hydrogens (tertiary/aromatic N) is 1. The largest absolute Gasteiger partial charge is 0.454 e. The van der Waals surface area contributed by atoms with Gasteiger partial charge in [-0.25, -0.2) is 0 Å². The Labute approximate surface area is 283 Å². The van der Waals surface area contributed by atoms with Crippen molar-refractivity contribution in [3.63, 3.8) is 0 Å². The Bertz CT molecular complexity index is 2820. The van der Waals surface area contributed by atoms with Crippen molar-refractivity contribution in [3.05, 3.63) is 176 Å². The zero-order valence-corrected chi connectivity index (χ0v) is 26.6. The molecule has 1 N–H and O–H groups in total. The molecular weight excluding hydrogens is 597 g/mol. The number of furan rings is 1. The smallest absolute Gasteiger partial charge is 0.158 e. The van der Waals surface area contributed by atoms with Crippen LogP contribution < -0.4 is 5.32 Å². The van der Waals surface area contributed by atoms with Gasteiger partial charge < -0.3 is 14.3 Å². The summed E-state index contributed by atoms with van der Waals surface area (Å²) in [6.45, 7) is 0. The highest BCUT2D eigenvalue weighted by Crippen LogP contribution is 2.39. The van der Waals surface area contributed by atoms with E-state index in [4.69, 9.17) is 4.42 Å². The Morgan fingerprint density at radius 3 is 1.94 bits per heavy atom. The number of benzene rings is 8. The second kappa shape index (κ2) is 11.0. The van der Waals surface area contributed by atoms with E-state index in [1.807, 2.05) is 0 Å². The molecule has 3 nitrogen and oxygen atoms in total. The van der Waals surface area contributed by atoms with Gasteiger partial charge in [-0.05, 0) is 81.6 Å². The van der Waals surface area contributed by atoms with Crippen LogP contribution in [0, 0.1) is 0 Å². The molecule has 2 heterocycles. The molecule has 0 amide bonds. The standard InChI is InChI=1S/C46H30N2O/c1-2-9-30(10-3-1)31-19-25-36(26-20-31)48-42-16-7-6-13-38(42)39-27-21-34(29-43(39)48)32-17-23-35(24-18-32)47-41-15-8-14-40-45-37-12-5-4-11-33(37)22-28-44(45)49-46(40)41/h1-29,47H. The van der Waals surface area contributed by atoms with Gasteiger partial charge in [-0.3, -0.25) is 0 Å². The number of aromatic nitrogens is 1. The fourth-order valence-corrected chi connectivity index (χ4v) is 7.43. The zero-order valence-electron chi connectivity index (χ0n) is 26.6. The summed E-state index contributed by atoms with van der Waals surface area (Å²) >= 11 is 0. The minimum absolute atomic E-state index is 0.869. The van der Waals surface area contributed by atoms with Crippen LogP contribution in [0.3, 0.4) is 0 Å². The van der Waals surface area contributed by atoms with Crippen molar-refractivity contribution >= 4 is 65.9 Å². The summed E-state index contributed by atoms with van der Waals surface area (Å²) in [5, 5.41) is 10.8. The number of anilines is 2. The molecule has 10 rings (SSSR count). The van der Waals surface area contributed by atoms with Gasteiger partial charge in [-0.15, -0.1) is 0 Å². The van der Waals surface area contributed by atoms with E-state index in [2.05, 4.69) is 186 Å². The van der Waals surface area contributed by atoms with Crippen LogP contribution in [0.4, 0.5) is 11.4 Å². The van der Waals surface area contributed by atoms with E-state index in [1.54, 1.807) is 0 Å². The normalized spacial score (nSPS) is 11.7. The quantitative estimate of drug-likeness (QED) is 0.206. The molecule has 2 aromatic heterocycles. The molecule has 0 atom stereocenters. The van der Waals surface area contributed by atoms with Crippen LogP contribution in [0.2, 0.25) is 0 Å². The van der Waals surface area contributed by atoms with Gasteiger partial charge in [0.1, 0.15) is 5.58 Å². The molecule has 49 heavy (non-hydrogen) atoms. The molecule has 0 bridgehead atoms. The molecule has 0 radical (unpaired) electrons. The Morgan fingerprint density at radius 1 is 0.429 bits per heavy atom. The predicted molar refractivity (Wildman–Crippen MR) is 206 cm³/mol. The fourth-order valence-electron chi connectivity index (χ4n) is 7.43. The summed E-state index contributed by atoms with van der Waals surface area (Å²) < 4.78 is 8.82. The van der Waals surface area contributed by atoms with Crippen molar-refractivity contribution in [2.45, 2.75) is 0 Å². The third kappa shape index (κ3) is 4.51. The van der Waals surface area contributed by atoms with Crippen molar-refractivity contribution in [1.82, 2.24) is 4.57 Å². The van der Waals surface area contributed by atoms with Gasteiger partial charge in [0, 0.05) is 32.9 Å². The van der Waals surface area contributed by atoms with Crippen molar-refractivity contribution in [2.24, 2.45) is 0 Å². The third-order valence-electron chi connectivity index (χ3n) is 9.79. The summed E-state index contributed by atoms with van der Waals surface area (Å²) in [6.07, 6.45) is 0. The van der Waals surface area contributed by atoms with E-state index in [0.717, 1.165) is 44.6 Å². The summed E-state index contributed by atoms with van der Waals surface area (Å²) in [5.41, 5.74) is 12.1. The SMILES string of the molecule is c1ccc(-c2ccc(-n3c4ccccc4c4ccc(-c5ccc(Nc6cccc7c6oc6ccc8ccccc8c67)cc5)cc43)cc2)cc1. The molecule has 10 aromatic rings. The van der Waals surface area contributed by atoms with Gasteiger partial charge in [0.2, 0.25) is 0 Å². The minimum atomic E-state index is 0.869. The molecule has 0 saturated heterocycles. The highest BCUT2D eigenvalue weighted by Gasteiger charge is 2.15. The topological polar surface area (TPSA) is 30.1 Å². The first kappa shape index (κ1) is 27.5. The van der Waals surface area contributed by atoms with Crippen molar-refractivity contribution in [1.29, 1.82) is 0 Å². The first-order valence-corrected chi connectivity index (χ1v) is 16.7. The highest BCUT2D eigenvalue weighted by molar-refractivity contribution is 6.20. The Morgan fingerprint density at radius 2 is 1.08 bits per heavy atom. The van der Waals surface area contributed by atoms with Crippen molar-refractivity contribution in [2.75, 3.05) is 5.32 Å². The van der Waals surface area contributed by atoms with E-state index in [-0.39, 0.29) is 0 Å². The molecular formula is C46H30N2O. The summed E-state index contributed by atoms with van der Waals surface area (Å²) in [5.74, 6) is 0. The lowest BCUT2D eigenvalue weighted by atomic mass is 10.0. The molecule has 0 fully saturated rings. The maximum atomic E-state index is 6.43. The number of hydrogen-bond acceptors (Lipinski definition) is 2. The first-order valence-electron chi connectivity index (χ1n) is 16.7. The number of fused-ring (bicyclic) bond motifs is 8. The van der Waals surface area contributed by atoms with Crippen LogP contribution in [-0.2, 0) is 0 Å². The van der Waals surface area contributed by atoms with Gasteiger partial charge in [-0.2, -0.15) is 0 Å². The fraction of sp³-hybridized carbons (Fsp3) is 0. The molecule has 0 aliphatic carbocycles. The van der Waals surface area contributed by atoms with E-state index >= 15 is 0 Å². The molecule has 3 heteroatoms. The Hall–Kier alpha value is -6.58. The number of rotatable bonds is 5. The zero-order chi connectivity index (χ0) is 32.3. The maximum Gasteiger partial charge on any atom is 0.158 e. The van der Waals surface area contributed by atoms with Gasteiger partial charge in [0.25, 0.3) is 0 Å². The van der Waals surface area contributed by atoms with Crippen LogP contribution in [0.15, 0.2) is 180 Å². The van der Waals surface area contributed by atoms with Crippen molar-refractivity contribution < 1.29 is 4.42 Å². The van der Waals surface area contributed by atoms with Gasteiger partial charge >= 0.3 is 0 Å². The monoisotopic (exact) mass is 626 g/mol. The second-order valence-electron chi connectivity index (χ2n) is 12.6. The van der Waals surface area contributed by atoms with Crippen LogP contribution in [0.25, 0.3) is 82.5 Å². The maximum absolute atomic E-state index is 6.43. The number of hydrogen-bond donors (Lipinski definition) is 1. The number of para-hydroxylation sites is 2. The molecule has 8 aromatic carbocycles. The van der Waals surface area contributed by atoms with Crippen LogP contribution >= 0.6 is 0 Å². The summed E-state index contributed by atoms with van der Waals surface area (Å²) in [4.78, 5) is 0. The lowest BCUT2D eigenvalue weighted by Crippen LogP contribution is -1.94. The predicted octanol–water partition coefficient (Wildman–Crippen LogP) is 12.9. The molecule has 0 saturated carbocycles. The van der Waals surface area contributed by atoms with Gasteiger partial charge in [0.15, 0.2) is 5.58 Å². The second-order valence-corrected chi connectivity index (χ2v) is 12.6. The van der Waals surface area contributed by atoms with Gasteiger partial charge in [0.05, 0.1) is 16.7 Å².